The number of nitrogens with two attached hydrogens (primary N) is 1. The molecule has 0 fully saturated rings. The number of amides is 1. The standard InChI is InChI=1S/C8H14N4O/c1-2-6-5-7(12-11-6)10-8(13)3-4-9/h5H,2-4,9H2,1H3,(H2,10,11,12,13). The van der Waals surface area contributed by atoms with Gasteiger partial charge in [-0.05, 0) is 6.42 Å². The molecule has 0 aliphatic rings. The van der Waals surface area contributed by atoms with Gasteiger partial charge in [0, 0.05) is 24.7 Å². The number of H-pyrrole nitrogens is 1. The van der Waals surface area contributed by atoms with Crippen LogP contribution in [0.25, 0.3) is 0 Å². The molecule has 1 rings (SSSR count). The maximum Gasteiger partial charge on any atom is 0.226 e. The normalized spacial score (nSPS) is 10.0. The molecule has 4 N–H and O–H groups in total. The number of hydrogen-bond acceptors (Lipinski definition) is 3. The minimum absolute atomic E-state index is 0.100. The first-order valence-electron chi connectivity index (χ1n) is 4.30. The lowest BCUT2D eigenvalue weighted by Crippen LogP contribution is -2.16. The summed E-state index contributed by atoms with van der Waals surface area (Å²) in [5.74, 6) is 0.465. The molecule has 0 atom stereocenters. The number of carbonyl (C=O) groups excluding carboxylic acids is 1. The van der Waals surface area contributed by atoms with Crippen LogP contribution in [0.2, 0.25) is 0 Å². The lowest BCUT2D eigenvalue weighted by atomic mass is 10.3. The van der Waals surface area contributed by atoms with Gasteiger partial charge >= 0.3 is 0 Å². The molecule has 0 saturated heterocycles. The summed E-state index contributed by atoms with van der Waals surface area (Å²) < 4.78 is 0. The third-order valence-corrected chi connectivity index (χ3v) is 1.65. The Balaban J connectivity index is 2.49. The monoisotopic (exact) mass is 182 g/mol. The van der Waals surface area contributed by atoms with Gasteiger partial charge in [0.2, 0.25) is 5.91 Å². The van der Waals surface area contributed by atoms with E-state index in [1.165, 1.54) is 0 Å². The summed E-state index contributed by atoms with van der Waals surface area (Å²) in [5.41, 5.74) is 6.23. The first-order valence-corrected chi connectivity index (χ1v) is 4.30. The average molecular weight is 182 g/mol. The van der Waals surface area contributed by atoms with Crippen molar-refractivity contribution in [3.05, 3.63) is 11.8 Å². The van der Waals surface area contributed by atoms with Crippen molar-refractivity contribution >= 4 is 11.7 Å². The predicted molar refractivity (Wildman–Crippen MR) is 50.3 cm³/mol. The van der Waals surface area contributed by atoms with Gasteiger partial charge in [-0.15, -0.1) is 0 Å². The first kappa shape index (κ1) is 9.73. The molecule has 0 aliphatic heterocycles. The third kappa shape index (κ3) is 2.87. The van der Waals surface area contributed by atoms with E-state index in [1.807, 2.05) is 13.0 Å². The van der Waals surface area contributed by atoms with Crippen molar-refractivity contribution in [2.75, 3.05) is 11.9 Å². The van der Waals surface area contributed by atoms with Gasteiger partial charge < -0.3 is 11.1 Å². The number of aromatic nitrogens is 2. The van der Waals surface area contributed by atoms with Crippen molar-refractivity contribution in [3.8, 4) is 0 Å². The van der Waals surface area contributed by atoms with E-state index in [0.717, 1.165) is 12.1 Å². The van der Waals surface area contributed by atoms with Crippen LogP contribution in [-0.4, -0.2) is 22.6 Å². The van der Waals surface area contributed by atoms with Crippen molar-refractivity contribution in [1.82, 2.24) is 10.2 Å². The summed E-state index contributed by atoms with van der Waals surface area (Å²) in [5, 5.41) is 9.35. The summed E-state index contributed by atoms with van der Waals surface area (Å²) in [7, 11) is 0. The van der Waals surface area contributed by atoms with Crippen LogP contribution in [-0.2, 0) is 11.2 Å². The van der Waals surface area contributed by atoms with Crippen LogP contribution in [0.5, 0.6) is 0 Å². The number of aromatic amines is 1. The van der Waals surface area contributed by atoms with Crippen molar-refractivity contribution in [2.45, 2.75) is 19.8 Å². The van der Waals surface area contributed by atoms with Gasteiger partial charge in [-0.2, -0.15) is 5.10 Å². The third-order valence-electron chi connectivity index (χ3n) is 1.65. The van der Waals surface area contributed by atoms with E-state index in [0.29, 0.717) is 18.8 Å². The van der Waals surface area contributed by atoms with E-state index in [9.17, 15) is 4.79 Å². The number of nitrogens with zero attached hydrogens (tertiary/aromatic N) is 1. The minimum Gasteiger partial charge on any atom is -0.330 e. The van der Waals surface area contributed by atoms with Crippen LogP contribution >= 0.6 is 0 Å². The number of aryl methyl sites for hydroxylation is 1. The van der Waals surface area contributed by atoms with E-state index in [4.69, 9.17) is 5.73 Å². The minimum atomic E-state index is -0.100. The van der Waals surface area contributed by atoms with Gasteiger partial charge in [0.25, 0.3) is 0 Å². The predicted octanol–water partition coefficient (Wildman–Crippen LogP) is 0.259. The maximum atomic E-state index is 11.1. The fourth-order valence-electron chi connectivity index (χ4n) is 0.943. The number of anilines is 1. The number of nitrogens with one attached hydrogen (secondary N) is 2. The first-order chi connectivity index (χ1) is 6.26. The molecule has 0 bridgehead atoms. The fourth-order valence-corrected chi connectivity index (χ4v) is 0.943. The van der Waals surface area contributed by atoms with Gasteiger partial charge in [-0.3, -0.25) is 9.89 Å². The Morgan fingerprint density at radius 1 is 1.77 bits per heavy atom. The lowest BCUT2D eigenvalue weighted by molar-refractivity contribution is -0.116. The molecule has 0 radical (unpaired) electrons. The topological polar surface area (TPSA) is 83.8 Å². The zero-order chi connectivity index (χ0) is 9.68. The summed E-state index contributed by atoms with van der Waals surface area (Å²) in [6, 6.07) is 1.81. The molecule has 1 amide bonds. The Bertz CT molecular complexity index is 281. The van der Waals surface area contributed by atoms with Crippen molar-refractivity contribution in [2.24, 2.45) is 5.73 Å². The second-order valence-corrected chi connectivity index (χ2v) is 2.72. The Hall–Kier alpha value is -1.36. The number of carbonyl (C=O) groups is 1. The highest BCUT2D eigenvalue weighted by Crippen LogP contribution is 2.05. The molecular weight excluding hydrogens is 168 g/mol. The van der Waals surface area contributed by atoms with E-state index in [2.05, 4.69) is 15.5 Å². The molecular formula is C8H14N4O. The summed E-state index contributed by atoms with van der Waals surface area (Å²) in [6.45, 7) is 2.37. The van der Waals surface area contributed by atoms with Crippen molar-refractivity contribution in [1.29, 1.82) is 0 Å². The molecule has 13 heavy (non-hydrogen) atoms. The van der Waals surface area contributed by atoms with E-state index >= 15 is 0 Å². The smallest absolute Gasteiger partial charge is 0.226 e. The molecule has 0 saturated carbocycles. The lowest BCUT2D eigenvalue weighted by Gasteiger charge is -1.97. The second-order valence-electron chi connectivity index (χ2n) is 2.72. The number of hydrogen-bond donors (Lipinski definition) is 3. The molecule has 0 spiro atoms. The van der Waals surface area contributed by atoms with E-state index in [1.54, 1.807) is 0 Å². The summed E-state index contributed by atoms with van der Waals surface area (Å²) in [4.78, 5) is 11.1. The van der Waals surface area contributed by atoms with E-state index in [-0.39, 0.29) is 5.91 Å². The molecule has 1 aromatic heterocycles. The molecule has 0 aliphatic carbocycles. The highest BCUT2D eigenvalue weighted by molar-refractivity contribution is 5.89. The van der Waals surface area contributed by atoms with Gasteiger partial charge in [-0.1, -0.05) is 6.92 Å². The Morgan fingerprint density at radius 2 is 2.54 bits per heavy atom. The average Bonchev–Trinajstić information content (AvgIpc) is 2.52. The largest absolute Gasteiger partial charge is 0.330 e. The van der Waals surface area contributed by atoms with E-state index < -0.39 is 0 Å². The molecule has 0 aromatic carbocycles. The van der Waals surface area contributed by atoms with Crippen LogP contribution in [0.4, 0.5) is 5.82 Å². The van der Waals surface area contributed by atoms with Crippen LogP contribution < -0.4 is 11.1 Å². The molecule has 0 unspecified atom stereocenters. The van der Waals surface area contributed by atoms with Crippen LogP contribution in [0, 0.1) is 0 Å². The van der Waals surface area contributed by atoms with Gasteiger partial charge in [0.1, 0.15) is 0 Å². The molecule has 5 nitrogen and oxygen atoms in total. The summed E-state index contributed by atoms with van der Waals surface area (Å²) >= 11 is 0. The highest BCUT2D eigenvalue weighted by atomic mass is 16.1. The van der Waals surface area contributed by atoms with Crippen LogP contribution in [0.15, 0.2) is 6.07 Å². The Morgan fingerprint density at radius 3 is 3.08 bits per heavy atom. The van der Waals surface area contributed by atoms with Crippen LogP contribution in [0.3, 0.4) is 0 Å². The highest BCUT2D eigenvalue weighted by Gasteiger charge is 2.03. The van der Waals surface area contributed by atoms with Gasteiger partial charge in [0.05, 0.1) is 0 Å². The Labute approximate surface area is 76.7 Å². The Kier molecular flexibility index (Phi) is 3.45. The van der Waals surface area contributed by atoms with Crippen LogP contribution in [0.1, 0.15) is 19.0 Å². The molecule has 1 heterocycles. The quantitative estimate of drug-likeness (QED) is 0.624. The SMILES string of the molecule is CCc1cc(NC(=O)CCN)n[nH]1. The molecule has 5 heteroatoms. The zero-order valence-corrected chi connectivity index (χ0v) is 7.63. The van der Waals surface area contributed by atoms with Crippen molar-refractivity contribution < 1.29 is 4.79 Å². The molecule has 72 valence electrons. The van der Waals surface area contributed by atoms with Gasteiger partial charge in [-0.25, -0.2) is 0 Å². The maximum absolute atomic E-state index is 11.1. The molecule has 1 aromatic rings. The fraction of sp³-hybridized carbons (Fsp3) is 0.500. The number of rotatable bonds is 4. The summed E-state index contributed by atoms with van der Waals surface area (Å²) in [6.07, 6.45) is 1.20. The van der Waals surface area contributed by atoms with Gasteiger partial charge in [0.15, 0.2) is 5.82 Å². The second kappa shape index (κ2) is 4.61. The zero-order valence-electron chi connectivity index (χ0n) is 7.63. The van der Waals surface area contributed by atoms with Crippen molar-refractivity contribution in [3.63, 3.8) is 0 Å².